The van der Waals surface area contributed by atoms with Crippen LogP contribution in [0.4, 0.5) is 4.79 Å². The molecule has 0 unspecified atom stereocenters. The highest BCUT2D eigenvalue weighted by Gasteiger charge is 2.25. The van der Waals surface area contributed by atoms with Gasteiger partial charge < -0.3 is 15.4 Å². The normalized spacial score (nSPS) is 12.7. The lowest BCUT2D eigenvalue weighted by atomic mass is 10.1. The lowest BCUT2D eigenvalue weighted by molar-refractivity contribution is -0.123. The van der Waals surface area contributed by atoms with E-state index >= 15 is 0 Å². The average molecular weight is 292 g/mol. The highest BCUT2D eigenvalue weighted by atomic mass is 16.6. The molecule has 0 aromatic heterocycles. The molecule has 1 atom stereocenters. The Balaban J connectivity index is 2.88. The fourth-order valence-electron chi connectivity index (χ4n) is 1.74. The predicted octanol–water partition coefficient (Wildman–Crippen LogP) is 2.78. The van der Waals surface area contributed by atoms with Crippen LogP contribution in [-0.2, 0) is 9.53 Å². The van der Waals surface area contributed by atoms with Crippen molar-refractivity contribution in [2.45, 2.75) is 52.3 Å². The van der Waals surface area contributed by atoms with Gasteiger partial charge in [-0.1, -0.05) is 30.3 Å². The highest BCUT2D eigenvalue weighted by molar-refractivity contribution is 5.87. The highest BCUT2D eigenvalue weighted by Crippen LogP contribution is 2.15. The van der Waals surface area contributed by atoms with Crippen molar-refractivity contribution in [3.8, 4) is 0 Å². The fraction of sp³-hybridized carbons (Fsp3) is 0.500. The molecule has 5 heteroatoms. The van der Waals surface area contributed by atoms with Gasteiger partial charge in [-0.3, -0.25) is 4.79 Å². The summed E-state index contributed by atoms with van der Waals surface area (Å²) < 4.78 is 5.21. The Kier molecular flexibility index (Phi) is 5.76. The molecule has 0 bridgehead atoms. The summed E-state index contributed by atoms with van der Waals surface area (Å²) in [6, 6.07) is 8.30. The van der Waals surface area contributed by atoms with E-state index in [2.05, 4.69) is 10.6 Å². The van der Waals surface area contributed by atoms with E-state index in [1.807, 2.05) is 32.0 Å². The maximum atomic E-state index is 12.3. The Labute approximate surface area is 126 Å². The second kappa shape index (κ2) is 7.11. The van der Waals surface area contributed by atoms with Crippen LogP contribution in [0.1, 0.15) is 46.2 Å². The molecule has 0 saturated heterocycles. The summed E-state index contributed by atoms with van der Waals surface area (Å²) in [7, 11) is 0. The second-order valence-corrected chi connectivity index (χ2v) is 6.15. The van der Waals surface area contributed by atoms with Crippen molar-refractivity contribution < 1.29 is 14.3 Å². The number of benzene rings is 1. The van der Waals surface area contributed by atoms with E-state index in [0.29, 0.717) is 5.56 Å². The minimum absolute atomic E-state index is 0.0100. The Morgan fingerprint density at radius 2 is 1.62 bits per heavy atom. The standard InChI is InChI=1S/C16H24N2O3/c1-11(2)17-14(19)13(12-9-7-6-8-10-12)18-15(20)21-16(3,4)5/h6-11,13H,1-5H3,(H,17,19)(H,18,20)/t13-/m1/s1. The van der Waals surface area contributed by atoms with Gasteiger partial charge in [-0.15, -0.1) is 0 Å². The summed E-state index contributed by atoms with van der Waals surface area (Å²) in [5, 5.41) is 5.42. The van der Waals surface area contributed by atoms with Gasteiger partial charge in [-0.2, -0.15) is 0 Å². The average Bonchev–Trinajstić information content (AvgIpc) is 2.34. The largest absolute Gasteiger partial charge is 0.444 e. The summed E-state index contributed by atoms with van der Waals surface area (Å²) in [5.41, 5.74) is 0.0985. The monoisotopic (exact) mass is 292 g/mol. The molecule has 1 aromatic carbocycles. The Morgan fingerprint density at radius 1 is 1.05 bits per heavy atom. The SMILES string of the molecule is CC(C)NC(=O)[C@H](NC(=O)OC(C)(C)C)c1ccccc1. The minimum Gasteiger partial charge on any atom is -0.444 e. The van der Waals surface area contributed by atoms with Crippen LogP contribution < -0.4 is 10.6 Å². The van der Waals surface area contributed by atoms with Gasteiger partial charge >= 0.3 is 6.09 Å². The first kappa shape index (κ1) is 17.0. The van der Waals surface area contributed by atoms with Crippen molar-refractivity contribution in [2.75, 3.05) is 0 Å². The van der Waals surface area contributed by atoms with Gasteiger partial charge in [0.15, 0.2) is 0 Å². The van der Waals surface area contributed by atoms with Crippen LogP contribution in [0.15, 0.2) is 30.3 Å². The van der Waals surface area contributed by atoms with Gasteiger partial charge in [0.2, 0.25) is 5.91 Å². The zero-order chi connectivity index (χ0) is 16.0. The van der Waals surface area contributed by atoms with Crippen molar-refractivity contribution in [3.63, 3.8) is 0 Å². The third-order valence-electron chi connectivity index (χ3n) is 2.49. The minimum atomic E-state index is -0.775. The first-order chi connectivity index (χ1) is 9.69. The van der Waals surface area contributed by atoms with E-state index in [1.165, 1.54) is 0 Å². The van der Waals surface area contributed by atoms with Gasteiger partial charge in [-0.05, 0) is 40.2 Å². The van der Waals surface area contributed by atoms with Crippen LogP contribution in [-0.4, -0.2) is 23.6 Å². The summed E-state index contributed by atoms with van der Waals surface area (Å²) in [6.45, 7) is 9.07. The molecule has 0 saturated carbocycles. The number of alkyl carbamates (subject to hydrolysis) is 1. The first-order valence-electron chi connectivity index (χ1n) is 7.04. The Bertz CT molecular complexity index is 478. The molecule has 2 amide bonds. The smallest absolute Gasteiger partial charge is 0.408 e. The number of nitrogens with one attached hydrogen (secondary N) is 2. The van der Waals surface area contributed by atoms with Crippen LogP contribution >= 0.6 is 0 Å². The number of hydrogen-bond acceptors (Lipinski definition) is 3. The third kappa shape index (κ3) is 6.29. The molecule has 21 heavy (non-hydrogen) atoms. The van der Waals surface area contributed by atoms with Gasteiger partial charge in [0.25, 0.3) is 0 Å². The van der Waals surface area contributed by atoms with Crippen LogP contribution in [0.25, 0.3) is 0 Å². The lowest BCUT2D eigenvalue weighted by Gasteiger charge is -2.24. The van der Waals surface area contributed by atoms with Crippen LogP contribution in [0.3, 0.4) is 0 Å². The van der Waals surface area contributed by atoms with Crippen LogP contribution in [0, 0.1) is 0 Å². The number of ether oxygens (including phenoxy) is 1. The van der Waals surface area contributed by atoms with Crippen molar-refractivity contribution in [1.29, 1.82) is 0 Å². The maximum Gasteiger partial charge on any atom is 0.408 e. The molecule has 0 aliphatic heterocycles. The number of hydrogen-bond donors (Lipinski definition) is 2. The van der Waals surface area contributed by atoms with Crippen molar-refractivity contribution >= 4 is 12.0 Å². The molecule has 5 nitrogen and oxygen atoms in total. The molecule has 1 rings (SSSR count). The predicted molar refractivity (Wildman–Crippen MR) is 81.8 cm³/mol. The number of amides is 2. The van der Waals surface area contributed by atoms with Crippen molar-refractivity contribution in [3.05, 3.63) is 35.9 Å². The van der Waals surface area contributed by atoms with E-state index < -0.39 is 17.7 Å². The molecule has 0 radical (unpaired) electrons. The lowest BCUT2D eigenvalue weighted by Crippen LogP contribution is -2.44. The molecular formula is C16H24N2O3. The third-order valence-corrected chi connectivity index (χ3v) is 2.49. The maximum absolute atomic E-state index is 12.3. The molecule has 0 aliphatic carbocycles. The molecule has 116 valence electrons. The summed E-state index contributed by atoms with van der Waals surface area (Å²) in [5.74, 6) is -0.262. The van der Waals surface area contributed by atoms with Gasteiger partial charge in [0, 0.05) is 6.04 Å². The number of rotatable bonds is 4. The molecule has 0 heterocycles. The first-order valence-corrected chi connectivity index (χ1v) is 7.04. The zero-order valence-electron chi connectivity index (χ0n) is 13.3. The number of carbonyl (C=O) groups excluding carboxylic acids is 2. The Morgan fingerprint density at radius 3 is 2.10 bits per heavy atom. The molecule has 1 aromatic rings. The number of carbonyl (C=O) groups is 2. The summed E-state index contributed by atoms with van der Waals surface area (Å²) in [4.78, 5) is 24.2. The van der Waals surface area contributed by atoms with Crippen molar-refractivity contribution in [1.82, 2.24) is 10.6 Å². The molecule has 0 aliphatic rings. The Hall–Kier alpha value is -2.04. The van der Waals surface area contributed by atoms with Gasteiger partial charge in [-0.25, -0.2) is 4.79 Å². The molecule has 2 N–H and O–H groups in total. The van der Waals surface area contributed by atoms with Gasteiger partial charge in [0.05, 0.1) is 0 Å². The van der Waals surface area contributed by atoms with E-state index in [1.54, 1.807) is 32.9 Å². The van der Waals surface area contributed by atoms with E-state index in [0.717, 1.165) is 0 Å². The van der Waals surface area contributed by atoms with E-state index in [-0.39, 0.29) is 11.9 Å². The fourth-order valence-corrected chi connectivity index (χ4v) is 1.74. The summed E-state index contributed by atoms with van der Waals surface area (Å²) >= 11 is 0. The van der Waals surface area contributed by atoms with Crippen LogP contribution in [0.2, 0.25) is 0 Å². The quantitative estimate of drug-likeness (QED) is 0.896. The van der Waals surface area contributed by atoms with Gasteiger partial charge in [0.1, 0.15) is 11.6 Å². The van der Waals surface area contributed by atoms with E-state index in [9.17, 15) is 9.59 Å². The molecular weight excluding hydrogens is 268 g/mol. The molecule has 0 fully saturated rings. The molecule has 0 spiro atoms. The van der Waals surface area contributed by atoms with E-state index in [4.69, 9.17) is 4.74 Å². The topological polar surface area (TPSA) is 67.4 Å². The second-order valence-electron chi connectivity index (χ2n) is 6.15. The van der Waals surface area contributed by atoms with Crippen molar-refractivity contribution in [2.24, 2.45) is 0 Å². The zero-order valence-corrected chi connectivity index (χ0v) is 13.3. The van der Waals surface area contributed by atoms with Crippen LogP contribution in [0.5, 0.6) is 0 Å². The summed E-state index contributed by atoms with van der Waals surface area (Å²) in [6.07, 6.45) is -0.616.